The molecule has 0 aliphatic carbocycles. The van der Waals surface area contributed by atoms with Gasteiger partial charge in [0.05, 0.1) is 23.9 Å². The summed E-state index contributed by atoms with van der Waals surface area (Å²) in [6, 6.07) is 1.67. The van der Waals surface area contributed by atoms with E-state index in [1.807, 2.05) is 0 Å². The molecule has 0 amide bonds. The minimum Gasteiger partial charge on any atom is -0.497 e. The summed E-state index contributed by atoms with van der Waals surface area (Å²) < 4.78 is 64.2. The Morgan fingerprint density at radius 2 is 1.87 bits per heavy atom. The molecule has 8 nitrogen and oxygen atoms in total. The van der Waals surface area contributed by atoms with Crippen molar-refractivity contribution in [2.45, 2.75) is 19.2 Å². The van der Waals surface area contributed by atoms with Gasteiger partial charge in [-0.2, -0.15) is 13.2 Å². The first-order valence-corrected chi connectivity index (χ1v) is 8.70. The molecule has 1 heterocycles. The summed E-state index contributed by atoms with van der Waals surface area (Å²) >= 11 is 5.92. The number of methoxy groups -OCH3 is 1. The molecule has 2 aromatic rings. The molecule has 1 unspecified atom stereocenters. The van der Waals surface area contributed by atoms with Crippen molar-refractivity contribution in [3.63, 3.8) is 0 Å². The van der Waals surface area contributed by atoms with E-state index in [-0.39, 0.29) is 31.7 Å². The van der Waals surface area contributed by atoms with Crippen molar-refractivity contribution in [1.82, 2.24) is 9.13 Å². The van der Waals surface area contributed by atoms with Gasteiger partial charge < -0.3 is 14.6 Å². The normalized spacial score (nSPS) is 13.1. The second-order valence-corrected chi connectivity index (χ2v) is 6.53. The summed E-state index contributed by atoms with van der Waals surface area (Å²) in [6.07, 6.45) is -5.33. The van der Waals surface area contributed by atoms with Gasteiger partial charge >= 0.3 is 17.8 Å². The lowest BCUT2D eigenvalue weighted by Crippen LogP contribution is -2.41. The second kappa shape index (κ2) is 8.84. The molecule has 0 saturated carbocycles. The van der Waals surface area contributed by atoms with Crippen LogP contribution in [0.5, 0.6) is 5.75 Å². The number of nitrogens with zero attached hydrogens (tertiary/aromatic N) is 2. The van der Waals surface area contributed by atoms with Crippen LogP contribution in [-0.2, 0) is 22.8 Å². The zero-order valence-electron chi connectivity index (χ0n) is 16.2. The van der Waals surface area contributed by atoms with E-state index in [1.54, 1.807) is 0 Å². The number of hydrogen-bond acceptors (Lipinski definition) is 5. The molecule has 1 atom stereocenters. The molecule has 1 aromatic carbocycles. The van der Waals surface area contributed by atoms with E-state index in [0.717, 1.165) is 13.1 Å². The highest BCUT2D eigenvalue weighted by molar-refractivity contribution is 6.32. The van der Waals surface area contributed by atoms with Crippen LogP contribution in [0.25, 0.3) is 5.69 Å². The van der Waals surface area contributed by atoms with Gasteiger partial charge in [-0.3, -0.25) is 9.36 Å². The van der Waals surface area contributed by atoms with E-state index in [2.05, 4.69) is 0 Å². The first kappa shape index (κ1) is 24.0. The first-order valence-electron chi connectivity index (χ1n) is 8.32. The van der Waals surface area contributed by atoms with E-state index >= 15 is 0 Å². The molecule has 168 valence electrons. The maximum absolute atomic E-state index is 14.5. The number of carboxylic acid groups (broad SMARTS) is 1. The summed E-state index contributed by atoms with van der Waals surface area (Å²) in [4.78, 5) is 35.5. The maximum Gasteiger partial charge on any atom is 0.431 e. The van der Waals surface area contributed by atoms with Gasteiger partial charge in [0.25, 0.3) is 5.56 Å². The Kier molecular flexibility index (Phi) is 6.84. The van der Waals surface area contributed by atoms with Crippen LogP contribution in [0.2, 0.25) is 5.02 Å². The lowest BCUT2D eigenvalue weighted by atomic mass is 10.2. The van der Waals surface area contributed by atoms with Crippen LogP contribution in [0, 0.1) is 5.82 Å². The van der Waals surface area contributed by atoms with E-state index in [1.165, 1.54) is 14.0 Å². The predicted molar refractivity (Wildman–Crippen MR) is 100 cm³/mol. The number of hydrogen-bond donors (Lipinski definition) is 1. The third-order valence-corrected chi connectivity index (χ3v) is 4.35. The molecular formula is C18H15ClF4N2O6. The highest BCUT2D eigenvalue weighted by atomic mass is 35.5. The molecule has 0 spiro atoms. The number of benzene rings is 1. The van der Waals surface area contributed by atoms with Crippen LogP contribution >= 0.6 is 11.6 Å². The van der Waals surface area contributed by atoms with Gasteiger partial charge in [-0.25, -0.2) is 18.5 Å². The summed E-state index contributed by atoms with van der Waals surface area (Å²) in [5, 5.41) is 8.53. The highest BCUT2D eigenvalue weighted by Crippen LogP contribution is 2.31. The Balaban J connectivity index is 2.64. The first-order chi connectivity index (χ1) is 14.3. The molecule has 0 radical (unpaired) electrons. The predicted octanol–water partition coefficient (Wildman–Crippen LogP) is 2.73. The van der Waals surface area contributed by atoms with Crippen molar-refractivity contribution >= 4 is 17.6 Å². The number of halogens is 5. The molecular weight excluding hydrogens is 452 g/mol. The average Bonchev–Trinajstić information content (AvgIpc) is 2.64. The van der Waals surface area contributed by atoms with Crippen LogP contribution in [-0.4, -0.2) is 33.4 Å². The molecule has 0 bridgehead atoms. The molecule has 0 aliphatic rings. The lowest BCUT2D eigenvalue weighted by Gasteiger charge is -2.19. The number of aliphatic carboxylic acids is 1. The number of aromatic nitrogens is 2. The SMILES string of the molecule is CO/C(=C/C(=O)O)C(C)Oc1cc(-n2c(=O)cc(C(F)(F)F)n(C)c2=O)c(F)cc1Cl. The Hall–Kier alpha value is -3.28. The van der Waals surface area contributed by atoms with Crippen molar-refractivity contribution in [3.8, 4) is 11.4 Å². The van der Waals surface area contributed by atoms with Crippen LogP contribution in [0.3, 0.4) is 0 Å². The van der Waals surface area contributed by atoms with Crippen LogP contribution < -0.4 is 16.0 Å². The highest BCUT2D eigenvalue weighted by Gasteiger charge is 2.35. The van der Waals surface area contributed by atoms with Gasteiger partial charge in [0.1, 0.15) is 23.0 Å². The number of carboxylic acids is 1. The minimum absolute atomic E-state index is 0.142. The zero-order chi connectivity index (χ0) is 23.7. The molecule has 31 heavy (non-hydrogen) atoms. The van der Waals surface area contributed by atoms with Crippen molar-refractivity contribution in [1.29, 1.82) is 0 Å². The Bertz CT molecular complexity index is 1170. The van der Waals surface area contributed by atoms with Gasteiger partial charge in [-0.05, 0) is 13.0 Å². The van der Waals surface area contributed by atoms with Crippen molar-refractivity contribution < 1.29 is 36.9 Å². The maximum atomic E-state index is 14.5. The topological polar surface area (TPSA) is 99.8 Å². The third-order valence-electron chi connectivity index (χ3n) is 4.06. The summed E-state index contributed by atoms with van der Waals surface area (Å²) in [7, 11) is 1.95. The Labute approximate surface area is 176 Å². The summed E-state index contributed by atoms with van der Waals surface area (Å²) in [5.41, 5.74) is -5.11. The number of ether oxygens (including phenoxy) is 2. The van der Waals surface area contributed by atoms with E-state index < -0.39 is 46.7 Å². The number of alkyl halides is 3. The molecule has 13 heteroatoms. The van der Waals surface area contributed by atoms with E-state index in [9.17, 15) is 31.9 Å². The Morgan fingerprint density at radius 3 is 2.39 bits per heavy atom. The smallest absolute Gasteiger partial charge is 0.431 e. The van der Waals surface area contributed by atoms with Crippen molar-refractivity contribution in [3.05, 3.63) is 67.4 Å². The molecule has 1 N–H and O–H groups in total. The van der Waals surface area contributed by atoms with Crippen molar-refractivity contribution in [2.24, 2.45) is 7.05 Å². The van der Waals surface area contributed by atoms with Gasteiger partial charge in [0, 0.05) is 19.2 Å². The van der Waals surface area contributed by atoms with Gasteiger partial charge in [-0.1, -0.05) is 11.6 Å². The minimum atomic E-state index is -4.98. The van der Waals surface area contributed by atoms with Gasteiger partial charge in [-0.15, -0.1) is 0 Å². The van der Waals surface area contributed by atoms with Gasteiger partial charge in [0.2, 0.25) is 0 Å². The fraction of sp³-hybridized carbons (Fsp3) is 0.278. The summed E-state index contributed by atoms with van der Waals surface area (Å²) in [6.45, 7) is 1.38. The monoisotopic (exact) mass is 466 g/mol. The largest absolute Gasteiger partial charge is 0.497 e. The zero-order valence-corrected chi connectivity index (χ0v) is 16.9. The quantitative estimate of drug-likeness (QED) is 0.399. The fourth-order valence-corrected chi connectivity index (χ4v) is 2.81. The number of carbonyl (C=O) groups is 1. The number of rotatable bonds is 6. The van der Waals surface area contributed by atoms with E-state index in [0.29, 0.717) is 12.1 Å². The molecule has 2 rings (SSSR count). The van der Waals surface area contributed by atoms with Crippen LogP contribution in [0.4, 0.5) is 17.6 Å². The fourth-order valence-electron chi connectivity index (χ4n) is 2.61. The molecule has 0 saturated heterocycles. The lowest BCUT2D eigenvalue weighted by molar-refractivity contribution is -0.144. The van der Waals surface area contributed by atoms with Crippen molar-refractivity contribution in [2.75, 3.05) is 7.11 Å². The second-order valence-electron chi connectivity index (χ2n) is 6.13. The molecule has 0 aliphatic heterocycles. The van der Waals surface area contributed by atoms with Crippen LogP contribution in [0.1, 0.15) is 12.6 Å². The van der Waals surface area contributed by atoms with Crippen LogP contribution in [0.15, 0.2) is 39.6 Å². The summed E-state index contributed by atoms with van der Waals surface area (Å²) in [5.74, 6) is -2.94. The Morgan fingerprint density at radius 1 is 1.26 bits per heavy atom. The van der Waals surface area contributed by atoms with E-state index in [4.69, 9.17) is 26.2 Å². The van der Waals surface area contributed by atoms with Gasteiger partial charge in [0.15, 0.2) is 6.10 Å². The average molecular weight is 467 g/mol. The standard InChI is InChI=1S/C18H15ClF4N2O6/c1-8(12(30-3)6-16(27)28)31-13-5-11(10(20)4-9(13)19)25-15(26)7-14(18(21,22)23)24(2)17(25)29/h4-8H,1-3H3,(H,27,28)/b12-6+. The molecule has 1 aromatic heterocycles. The molecule has 0 fully saturated rings. The third kappa shape index (κ3) is 5.08.